The number of hydrogen-bond donors (Lipinski definition) is 1. The average Bonchev–Trinajstić information content (AvgIpc) is 3.26. The number of ether oxygens (including phenoxy) is 4. The zero-order valence-electron chi connectivity index (χ0n) is 21.1. The zero-order valence-corrected chi connectivity index (χ0v) is 21.1. The van der Waals surface area contributed by atoms with Gasteiger partial charge in [-0.1, -0.05) is 6.08 Å². The lowest BCUT2D eigenvalue weighted by molar-refractivity contribution is -0.0383. The highest BCUT2D eigenvalue weighted by molar-refractivity contribution is 5.92. The van der Waals surface area contributed by atoms with Gasteiger partial charge in [-0.25, -0.2) is 9.59 Å². The zero-order chi connectivity index (χ0) is 25.5. The molecule has 0 spiro atoms. The number of allylic oxidation sites excluding steroid dienone is 1. The molecule has 194 valence electrons. The summed E-state index contributed by atoms with van der Waals surface area (Å²) in [6.07, 6.45) is 9.14. The molecule has 0 atom stereocenters. The molecule has 1 N–H and O–H groups in total. The number of rotatable bonds is 8. The van der Waals surface area contributed by atoms with E-state index in [1.54, 1.807) is 19.4 Å². The summed E-state index contributed by atoms with van der Waals surface area (Å²) in [5.74, 6) is 0.709. The number of aromatic nitrogens is 1. The highest BCUT2D eigenvalue weighted by Gasteiger charge is 2.24. The summed E-state index contributed by atoms with van der Waals surface area (Å²) in [7, 11) is 5.60. The van der Waals surface area contributed by atoms with Gasteiger partial charge >= 0.3 is 12.2 Å². The van der Waals surface area contributed by atoms with E-state index in [0.717, 1.165) is 43.4 Å². The Morgan fingerprint density at radius 3 is 2.67 bits per heavy atom. The number of nitrogens with one attached hydrogen (secondary N) is 1. The maximum atomic E-state index is 12.8. The van der Waals surface area contributed by atoms with E-state index in [9.17, 15) is 9.59 Å². The first-order valence-corrected chi connectivity index (χ1v) is 12.1. The summed E-state index contributed by atoms with van der Waals surface area (Å²) in [4.78, 5) is 29.3. The third-order valence-electron chi connectivity index (χ3n) is 6.38. The molecule has 0 bridgehead atoms. The molecular formula is C26H34N4O6. The maximum Gasteiger partial charge on any atom is 0.511 e. The number of likely N-dealkylation sites (N-methyl/N-ethyl adjacent to an activating group) is 1. The Kier molecular flexibility index (Phi) is 8.37. The monoisotopic (exact) mass is 498 g/mol. The molecule has 2 aliphatic rings. The van der Waals surface area contributed by atoms with Gasteiger partial charge in [0.15, 0.2) is 0 Å². The van der Waals surface area contributed by atoms with Crippen LogP contribution >= 0.6 is 0 Å². The summed E-state index contributed by atoms with van der Waals surface area (Å²) in [5.41, 5.74) is 2.92. The lowest BCUT2D eigenvalue weighted by Gasteiger charge is -2.34. The highest BCUT2D eigenvalue weighted by Crippen LogP contribution is 2.27. The van der Waals surface area contributed by atoms with E-state index in [2.05, 4.69) is 21.2 Å². The minimum absolute atomic E-state index is 0.222. The summed E-state index contributed by atoms with van der Waals surface area (Å²) < 4.78 is 22.4. The van der Waals surface area contributed by atoms with Crippen LogP contribution in [0.4, 0.5) is 9.59 Å². The van der Waals surface area contributed by atoms with Crippen molar-refractivity contribution in [2.75, 3.05) is 47.6 Å². The number of methoxy groups -OCH3 is 1. The van der Waals surface area contributed by atoms with E-state index in [-0.39, 0.29) is 6.10 Å². The van der Waals surface area contributed by atoms with Gasteiger partial charge < -0.3 is 34.1 Å². The van der Waals surface area contributed by atoms with Gasteiger partial charge in [0, 0.05) is 62.4 Å². The van der Waals surface area contributed by atoms with Crippen molar-refractivity contribution in [1.82, 2.24) is 19.7 Å². The van der Waals surface area contributed by atoms with Gasteiger partial charge in [0.1, 0.15) is 11.9 Å². The van der Waals surface area contributed by atoms with Crippen LogP contribution in [0.5, 0.6) is 5.75 Å². The number of benzene rings is 1. The van der Waals surface area contributed by atoms with Crippen LogP contribution in [0.2, 0.25) is 0 Å². The van der Waals surface area contributed by atoms with Crippen LogP contribution in [0.25, 0.3) is 10.9 Å². The quantitative estimate of drug-likeness (QED) is 0.432. The molecule has 10 nitrogen and oxygen atoms in total. The van der Waals surface area contributed by atoms with Crippen LogP contribution in [0.1, 0.15) is 24.8 Å². The van der Waals surface area contributed by atoms with Crippen molar-refractivity contribution in [2.24, 2.45) is 0 Å². The standard InChI is InChI=1S/C26H34N4O6/c1-28(2)12-8-19-17-30(24-7-6-22(33-3)15-23(19)24)25(31)34-18-35-26(32)36-21-9-13-29(14-10-21)20-5-4-11-27-16-20/h4,6-7,11,15-17,21,27H,5,8-10,12-14,18H2,1-3H3. The van der Waals surface area contributed by atoms with Crippen LogP contribution in [0.3, 0.4) is 0 Å². The fourth-order valence-corrected chi connectivity index (χ4v) is 4.40. The van der Waals surface area contributed by atoms with Crippen molar-refractivity contribution in [3.8, 4) is 5.75 Å². The second-order valence-corrected chi connectivity index (χ2v) is 9.10. The van der Waals surface area contributed by atoms with Gasteiger partial charge in [-0.05, 0) is 50.5 Å². The van der Waals surface area contributed by atoms with Gasteiger partial charge in [0.05, 0.1) is 12.6 Å². The van der Waals surface area contributed by atoms with Crippen molar-refractivity contribution in [2.45, 2.75) is 31.8 Å². The third-order valence-corrected chi connectivity index (χ3v) is 6.38. The predicted octanol–water partition coefficient (Wildman–Crippen LogP) is 3.66. The van der Waals surface area contributed by atoms with E-state index in [4.69, 9.17) is 18.9 Å². The van der Waals surface area contributed by atoms with Gasteiger partial charge in [0.25, 0.3) is 0 Å². The van der Waals surface area contributed by atoms with Crippen molar-refractivity contribution < 1.29 is 28.5 Å². The Morgan fingerprint density at radius 1 is 1.17 bits per heavy atom. The molecule has 0 aliphatic carbocycles. The Hall–Kier alpha value is -3.66. The summed E-state index contributed by atoms with van der Waals surface area (Å²) in [6.45, 7) is 1.90. The molecule has 0 radical (unpaired) electrons. The van der Waals surface area contributed by atoms with Crippen molar-refractivity contribution in [3.05, 3.63) is 54.1 Å². The van der Waals surface area contributed by atoms with E-state index < -0.39 is 19.0 Å². The van der Waals surface area contributed by atoms with Crippen LogP contribution in [0.15, 0.2) is 48.6 Å². The molecule has 1 saturated heterocycles. The Labute approximate surface area is 211 Å². The third kappa shape index (κ3) is 6.31. The lowest BCUT2D eigenvalue weighted by Crippen LogP contribution is -2.38. The first kappa shape index (κ1) is 25.4. The molecule has 3 heterocycles. The van der Waals surface area contributed by atoms with Gasteiger partial charge in [-0.3, -0.25) is 4.57 Å². The number of carbonyl (C=O) groups is 2. The normalized spacial score (nSPS) is 16.0. The first-order valence-electron chi connectivity index (χ1n) is 12.1. The molecule has 0 saturated carbocycles. The second kappa shape index (κ2) is 11.9. The average molecular weight is 499 g/mol. The Morgan fingerprint density at radius 2 is 1.97 bits per heavy atom. The molecule has 10 heteroatoms. The van der Waals surface area contributed by atoms with Crippen molar-refractivity contribution in [1.29, 1.82) is 0 Å². The number of nitrogens with zero attached hydrogens (tertiary/aromatic N) is 3. The number of hydrogen-bond acceptors (Lipinski definition) is 9. The summed E-state index contributed by atoms with van der Waals surface area (Å²) in [5, 5.41) is 4.02. The molecule has 0 amide bonds. The molecular weight excluding hydrogens is 464 g/mol. The number of piperidine rings is 1. The number of likely N-dealkylation sites (tertiary alicyclic amines) is 1. The van der Waals surface area contributed by atoms with Crippen LogP contribution in [-0.4, -0.2) is 80.4 Å². The van der Waals surface area contributed by atoms with E-state index >= 15 is 0 Å². The minimum Gasteiger partial charge on any atom is -0.497 e. The summed E-state index contributed by atoms with van der Waals surface area (Å²) in [6, 6.07) is 5.51. The van der Waals surface area contributed by atoms with Crippen molar-refractivity contribution >= 4 is 23.2 Å². The molecule has 1 fully saturated rings. The van der Waals surface area contributed by atoms with Gasteiger partial charge in [-0.2, -0.15) is 0 Å². The highest BCUT2D eigenvalue weighted by atomic mass is 16.8. The molecule has 2 aromatic rings. The Bertz CT molecular complexity index is 1130. The van der Waals surface area contributed by atoms with E-state index in [1.807, 2.05) is 38.6 Å². The largest absolute Gasteiger partial charge is 0.511 e. The number of carbonyl (C=O) groups excluding carboxylic acids is 2. The lowest BCUT2D eigenvalue weighted by atomic mass is 10.1. The molecule has 0 unspecified atom stereocenters. The maximum absolute atomic E-state index is 12.8. The van der Waals surface area contributed by atoms with E-state index in [0.29, 0.717) is 24.1 Å². The second-order valence-electron chi connectivity index (χ2n) is 9.10. The fourth-order valence-electron chi connectivity index (χ4n) is 4.40. The van der Waals surface area contributed by atoms with Crippen LogP contribution in [-0.2, 0) is 20.6 Å². The molecule has 1 aromatic heterocycles. The summed E-state index contributed by atoms with van der Waals surface area (Å²) >= 11 is 0. The predicted molar refractivity (Wildman–Crippen MR) is 135 cm³/mol. The SMILES string of the molecule is COc1ccc2c(c1)c(CCN(C)C)cn2C(=O)OCOC(=O)OC1CCN(C2=CNC=CC2)CC1. The molecule has 1 aromatic carbocycles. The smallest absolute Gasteiger partial charge is 0.497 e. The van der Waals surface area contributed by atoms with Gasteiger partial charge in [-0.15, -0.1) is 0 Å². The molecule has 2 aliphatic heterocycles. The Balaban J connectivity index is 1.27. The van der Waals surface area contributed by atoms with Crippen molar-refractivity contribution in [3.63, 3.8) is 0 Å². The van der Waals surface area contributed by atoms with E-state index in [1.165, 1.54) is 10.3 Å². The van der Waals surface area contributed by atoms with Crippen LogP contribution in [0, 0.1) is 0 Å². The topological polar surface area (TPSA) is 94.5 Å². The van der Waals surface area contributed by atoms with Gasteiger partial charge in [0.2, 0.25) is 6.79 Å². The minimum atomic E-state index is -0.837. The molecule has 4 rings (SSSR count). The number of dihydropyridines is 1. The fraction of sp³-hybridized carbons (Fsp3) is 0.462. The van der Waals surface area contributed by atoms with Crippen LogP contribution < -0.4 is 10.1 Å². The molecule has 36 heavy (non-hydrogen) atoms. The first-order chi connectivity index (χ1) is 17.4. The number of fused-ring (bicyclic) bond motifs is 1.